The molecule has 0 aliphatic carbocycles. The van der Waals surface area contributed by atoms with Crippen molar-refractivity contribution in [2.45, 2.75) is 13.0 Å². The summed E-state index contributed by atoms with van der Waals surface area (Å²) in [7, 11) is 1.66. The quantitative estimate of drug-likeness (QED) is 0.817. The van der Waals surface area contributed by atoms with Crippen LogP contribution < -0.4 is 10.1 Å². The average molecular weight is 341 g/mol. The van der Waals surface area contributed by atoms with Crippen LogP contribution in [0.1, 0.15) is 18.5 Å². The normalized spacial score (nSPS) is 12.0. The highest BCUT2D eigenvalue weighted by molar-refractivity contribution is 9.10. The van der Waals surface area contributed by atoms with Crippen molar-refractivity contribution < 1.29 is 4.74 Å². The highest BCUT2D eigenvalue weighted by Crippen LogP contribution is 2.30. The van der Waals surface area contributed by atoms with Gasteiger partial charge in [0, 0.05) is 22.8 Å². The number of methoxy groups -OCH3 is 1. The van der Waals surface area contributed by atoms with Crippen LogP contribution in [0.4, 0.5) is 5.69 Å². The first-order chi connectivity index (χ1) is 9.10. The zero-order chi connectivity index (χ0) is 13.8. The van der Waals surface area contributed by atoms with Crippen LogP contribution in [0.3, 0.4) is 0 Å². The number of anilines is 1. The third-order valence-corrected chi connectivity index (χ3v) is 3.77. The van der Waals surface area contributed by atoms with Crippen LogP contribution in [0.25, 0.3) is 0 Å². The third kappa shape index (κ3) is 3.64. The topological polar surface area (TPSA) is 21.3 Å². The van der Waals surface area contributed by atoms with Crippen LogP contribution in [0, 0.1) is 0 Å². The largest absolute Gasteiger partial charge is 0.495 e. The molecular weight excluding hydrogens is 326 g/mol. The summed E-state index contributed by atoms with van der Waals surface area (Å²) in [5, 5.41) is 4.18. The van der Waals surface area contributed by atoms with E-state index in [-0.39, 0.29) is 6.04 Å². The molecule has 2 aromatic rings. The second-order valence-electron chi connectivity index (χ2n) is 4.27. The Morgan fingerprint density at radius 3 is 2.68 bits per heavy atom. The van der Waals surface area contributed by atoms with E-state index >= 15 is 0 Å². The number of benzene rings is 2. The van der Waals surface area contributed by atoms with Gasteiger partial charge < -0.3 is 10.1 Å². The molecule has 0 heterocycles. The number of hydrogen-bond donors (Lipinski definition) is 1. The lowest BCUT2D eigenvalue weighted by atomic mass is 10.1. The fourth-order valence-electron chi connectivity index (χ4n) is 1.86. The van der Waals surface area contributed by atoms with Crippen molar-refractivity contribution in [3.63, 3.8) is 0 Å². The number of hydrogen-bond acceptors (Lipinski definition) is 2. The fourth-order valence-corrected chi connectivity index (χ4v) is 2.47. The van der Waals surface area contributed by atoms with Gasteiger partial charge in [-0.05, 0) is 52.7 Å². The number of halogens is 2. The van der Waals surface area contributed by atoms with Gasteiger partial charge in [-0.1, -0.05) is 23.7 Å². The van der Waals surface area contributed by atoms with Crippen molar-refractivity contribution in [3.8, 4) is 5.75 Å². The first-order valence-electron chi connectivity index (χ1n) is 5.95. The summed E-state index contributed by atoms with van der Waals surface area (Å²) in [4.78, 5) is 0. The van der Waals surface area contributed by atoms with E-state index in [1.165, 1.54) is 0 Å². The van der Waals surface area contributed by atoms with Crippen LogP contribution in [0.15, 0.2) is 46.9 Å². The molecule has 0 saturated heterocycles. The summed E-state index contributed by atoms with van der Waals surface area (Å²) in [6.45, 7) is 2.10. The summed E-state index contributed by atoms with van der Waals surface area (Å²) in [6.07, 6.45) is 0. The van der Waals surface area contributed by atoms with Crippen LogP contribution in [-0.2, 0) is 0 Å². The van der Waals surface area contributed by atoms with E-state index in [2.05, 4.69) is 34.2 Å². The van der Waals surface area contributed by atoms with Gasteiger partial charge in [0.25, 0.3) is 0 Å². The molecule has 2 nitrogen and oxygen atoms in total. The molecule has 0 aliphatic rings. The van der Waals surface area contributed by atoms with Crippen molar-refractivity contribution in [2.24, 2.45) is 0 Å². The van der Waals surface area contributed by atoms with Gasteiger partial charge in [0.1, 0.15) is 5.75 Å². The molecule has 2 rings (SSSR count). The van der Waals surface area contributed by atoms with E-state index in [4.69, 9.17) is 16.3 Å². The molecule has 4 heteroatoms. The highest BCUT2D eigenvalue weighted by Gasteiger charge is 2.07. The first kappa shape index (κ1) is 14.2. The van der Waals surface area contributed by atoms with Crippen LogP contribution >= 0.6 is 27.5 Å². The third-order valence-electron chi connectivity index (χ3n) is 2.88. The van der Waals surface area contributed by atoms with Gasteiger partial charge in [0.2, 0.25) is 0 Å². The predicted molar refractivity (Wildman–Crippen MR) is 84.2 cm³/mol. The zero-order valence-corrected chi connectivity index (χ0v) is 13.1. The molecule has 0 fully saturated rings. The van der Waals surface area contributed by atoms with Crippen LogP contribution in [0.2, 0.25) is 5.02 Å². The minimum absolute atomic E-state index is 0.171. The molecule has 19 heavy (non-hydrogen) atoms. The molecule has 100 valence electrons. The Labute approximate surface area is 126 Å². The maximum atomic E-state index is 6.01. The number of ether oxygens (including phenoxy) is 1. The minimum Gasteiger partial charge on any atom is -0.495 e. The number of nitrogens with one attached hydrogen (secondary N) is 1. The Bertz CT molecular complexity index is 574. The molecule has 0 bridgehead atoms. The molecule has 1 atom stereocenters. The van der Waals surface area contributed by atoms with Gasteiger partial charge in [-0.2, -0.15) is 0 Å². The van der Waals surface area contributed by atoms with E-state index in [9.17, 15) is 0 Å². The molecule has 1 unspecified atom stereocenters. The van der Waals surface area contributed by atoms with Crippen molar-refractivity contribution >= 4 is 33.2 Å². The summed E-state index contributed by atoms with van der Waals surface area (Å²) >= 11 is 9.45. The second kappa shape index (κ2) is 6.31. The Balaban J connectivity index is 2.17. The molecule has 0 radical (unpaired) electrons. The van der Waals surface area contributed by atoms with Crippen LogP contribution in [0.5, 0.6) is 5.75 Å². The highest BCUT2D eigenvalue weighted by atomic mass is 79.9. The lowest BCUT2D eigenvalue weighted by molar-refractivity contribution is 0.412. The van der Waals surface area contributed by atoms with Crippen molar-refractivity contribution in [3.05, 3.63) is 57.5 Å². The van der Waals surface area contributed by atoms with Crippen molar-refractivity contribution in [2.75, 3.05) is 12.4 Å². The smallest absolute Gasteiger partial charge is 0.135 e. The lowest BCUT2D eigenvalue weighted by Crippen LogP contribution is -2.06. The average Bonchev–Trinajstić information content (AvgIpc) is 2.41. The lowest BCUT2D eigenvalue weighted by Gasteiger charge is -2.17. The monoisotopic (exact) mass is 339 g/mol. The second-order valence-corrected chi connectivity index (χ2v) is 5.56. The van der Waals surface area contributed by atoms with Gasteiger partial charge >= 0.3 is 0 Å². The molecule has 0 saturated carbocycles. The molecule has 2 aromatic carbocycles. The van der Waals surface area contributed by atoms with E-state index < -0.39 is 0 Å². The summed E-state index contributed by atoms with van der Waals surface area (Å²) < 4.78 is 6.22. The summed E-state index contributed by atoms with van der Waals surface area (Å²) in [5.74, 6) is 0.809. The molecule has 0 aromatic heterocycles. The molecule has 1 N–H and O–H groups in total. The summed E-state index contributed by atoms with van der Waals surface area (Å²) in [5.41, 5.74) is 2.15. The Morgan fingerprint density at radius 1 is 1.21 bits per heavy atom. The fraction of sp³-hybridized carbons (Fsp3) is 0.200. The van der Waals surface area contributed by atoms with Gasteiger partial charge in [-0.3, -0.25) is 0 Å². The number of rotatable bonds is 4. The van der Waals surface area contributed by atoms with E-state index in [1.54, 1.807) is 7.11 Å². The Morgan fingerprint density at radius 2 is 2.00 bits per heavy atom. The molecular formula is C15H15BrClNO. The van der Waals surface area contributed by atoms with E-state index in [0.717, 1.165) is 26.5 Å². The van der Waals surface area contributed by atoms with Gasteiger partial charge in [0.15, 0.2) is 0 Å². The maximum absolute atomic E-state index is 6.01. The van der Waals surface area contributed by atoms with Crippen molar-refractivity contribution in [1.82, 2.24) is 0 Å². The maximum Gasteiger partial charge on any atom is 0.135 e. The van der Waals surface area contributed by atoms with Gasteiger partial charge in [-0.15, -0.1) is 0 Å². The van der Waals surface area contributed by atoms with E-state index in [0.29, 0.717) is 0 Å². The molecule has 0 spiro atoms. The Kier molecular flexibility index (Phi) is 4.72. The predicted octanol–water partition coefficient (Wildman–Crippen LogP) is 5.28. The SMILES string of the molecule is COc1cc(NC(C)c2cccc(Cl)c2)ccc1Br. The van der Waals surface area contributed by atoms with E-state index in [1.807, 2.05) is 36.4 Å². The molecule has 0 amide bonds. The Hall–Kier alpha value is -1.19. The van der Waals surface area contributed by atoms with Crippen molar-refractivity contribution in [1.29, 1.82) is 0 Å². The zero-order valence-electron chi connectivity index (χ0n) is 10.8. The van der Waals surface area contributed by atoms with Gasteiger partial charge in [-0.25, -0.2) is 0 Å². The van der Waals surface area contributed by atoms with Gasteiger partial charge in [0.05, 0.1) is 11.6 Å². The summed E-state index contributed by atoms with van der Waals surface area (Å²) in [6, 6.07) is 14.0. The first-order valence-corrected chi connectivity index (χ1v) is 7.13. The molecule has 0 aliphatic heterocycles. The van der Waals surface area contributed by atoms with Crippen LogP contribution in [-0.4, -0.2) is 7.11 Å². The minimum atomic E-state index is 0.171. The standard InChI is InChI=1S/C15H15BrClNO/c1-10(11-4-3-5-12(17)8-11)18-13-6-7-14(16)15(9-13)19-2/h3-10,18H,1-2H3.